The molecule has 1 rings (SSSR count). The molecule has 0 aliphatic carbocycles. The Hall–Kier alpha value is -1.07. The zero-order valence-electron chi connectivity index (χ0n) is 19.4. The summed E-state index contributed by atoms with van der Waals surface area (Å²) in [5.74, 6) is 0.426. The van der Waals surface area contributed by atoms with Crippen molar-refractivity contribution in [2.45, 2.75) is 96.8 Å². The van der Waals surface area contributed by atoms with E-state index in [1.165, 1.54) is 25.7 Å². The van der Waals surface area contributed by atoms with Crippen LogP contribution in [0.3, 0.4) is 0 Å². The molecule has 0 saturated carbocycles. The van der Waals surface area contributed by atoms with Gasteiger partial charge < -0.3 is 4.74 Å². The lowest BCUT2D eigenvalue weighted by atomic mass is 9.72. The molecule has 1 aromatic carbocycles. The largest absolute Gasteiger partial charge is 0.492 e. The maximum Gasteiger partial charge on any atom is 0.244 e. The Morgan fingerprint density at radius 2 is 1.62 bits per heavy atom. The molecule has 0 aliphatic rings. The van der Waals surface area contributed by atoms with E-state index in [0.29, 0.717) is 12.4 Å². The molecule has 0 spiro atoms. The molecule has 1 N–H and O–H groups in total. The van der Waals surface area contributed by atoms with Crippen molar-refractivity contribution in [2.24, 2.45) is 5.41 Å². The van der Waals surface area contributed by atoms with E-state index in [2.05, 4.69) is 53.2 Å². The second-order valence-corrected chi connectivity index (χ2v) is 11.5. The van der Waals surface area contributed by atoms with Gasteiger partial charge >= 0.3 is 0 Å². The first-order chi connectivity index (χ1) is 13.4. The third-order valence-electron chi connectivity index (χ3n) is 5.03. The average Bonchev–Trinajstić information content (AvgIpc) is 2.58. The highest BCUT2D eigenvalue weighted by Gasteiger charge is 2.29. The molecule has 1 aromatic rings. The summed E-state index contributed by atoms with van der Waals surface area (Å²) in [7, 11) is -3.66. The Morgan fingerprint density at radius 1 is 1.00 bits per heavy atom. The fourth-order valence-corrected chi connectivity index (χ4v) is 5.06. The van der Waals surface area contributed by atoms with Crippen LogP contribution in [-0.4, -0.2) is 21.6 Å². The Morgan fingerprint density at radius 3 is 2.21 bits per heavy atom. The molecule has 0 unspecified atom stereocenters. The highest BCUT2D eigenvalue weighted by molar-refractivity contribution is 7.89. The summed E-state index contributed by atoms with van der Waals surface area (Å²) in [6.45, 7) is 17.4. The maximum absolute atomic E-state index is 12.8. The summed E-state index contributed by atoms with van der Waals surface area (Å²) >= 11 is 0. The van der Waals surface area contributed by atoms with Crippen molar-refractivity contribution in [3.05, 3.63) is 30.7 Å². The molecular weight excluding hydrogens is 382 g/mol. The Bertz CT molecular complexity index is 718. The van der Waals surface area contributed by atoms with Crippen LogP contribution in [0, 0.1) is 12.3 Å². The van der Waals surface area contributed by atoms with E-state index in [4.69, 9.17) is 4.74 Å². The van der Waals surface area contributed by atoms with Gasteiger partial charge in [0, 0.05) is 6.54 Å². The van der Waals surface area contributed by atoms with E-state index < -0.39 is 10.0 Å². The van der Waals surface area contributed by atoms with Gasteiger partial charge in [0.1, 0.15) is 10.6 Å². The van der Waals surface area contributed by atoms with Crippen LogP contribution in [0.1, 0.15) is 92.1 Å². The van der Waals surface area contributed by atoms with E-state index in [1.54, 1.807) is 6.07 Å². The van der Waals surface area contributed by atoms with Crippen molar-refractivity contribution in [3.63, 3.8) is 0 Å². The fourth-order valence-electron chi connectivity index (χ4n) is 3.96. The number of unbranched alkanes of at least 4 members (excludes halogenated alkanes) is 5. The van der Waals surface area contributed by atoms with Crippen LogP contribution in [0.25, 0.3) is 0 Å². The monoisotopic (exact) mass is 424 g/mol. The van der Waals surface area contributed by atoms with Crippen molar-refractivity contribution >= 4 is 10.0 Å². The Labute approximate surface area is 179 Å². The summed E-state index contributed by atoms with van der Waals surface area (Å²) in [5.41, 5.74) is 0.995. The molecule has 167 valence electrons. The first-order valence-electron chi connectivity index (χ1n) is 11.0. The lowest BCUT2D eigenvalue weighted by Crippen LogP contribution is -2.27. The van der Waals surface area contributed by atoms with Crippen molar-refractivity contribution in [2.75, 3.05) is 13.2 Å². The van der Waals surface area contributed by atoms with Crippen LogP contribution in [0.15, 0.2) is 23.1 Å². The van der Waals surface area contributed by atoms with Gasteiger partial charge in [-0.05, 0) is 48.3 Å². The van der Waals surface area contributed by atoms with E-state index in [1.807, 2.05) is 12.1 Å². The molecule has 0 atom stereocenters. The van der Waals surface area contributed by atoms with Crippen LogP contribution >= 0.6 is 0 Å². The molecule has 1 radical (unpaired) electrons. The molecular formula is C24H42NO3S. The SMILES string of the molecule is [CH2]CNS(=O)(=O)c1cc(C(C)(C)CC(C)(C)C)ccc1OCCCCCCCC. The van der Waals surface area contributed by atoms with Gasteiger partial charge in [-0.15, -0.1) is 0 Å². The molecule has 5 heteroatoms. The summed E-state index contributed by atoms with van der Waals surface area (Å²) in [5, 5.41) is 0. The van der Waals surface area contributed by atoms with Crippen LogP contribution in [0.2, 0.25) is 0 Å². The molecule has 0 aliphatic heterocycles. The highest BCUT2D eigenvalue weighted by Crippen LogP contribution is 2.38. The normalized spacial score (nSPS) is 12.9. The number of hydrogen-bond acceptors (Lipinski definition) is 3. The van der Waals surface area contributed by atoms with Gasteiger partial charge in [-0.1, -0.05) is 79.7 Å². The van der Waals surface area contributed by atoms with E-state index in [0.717, 1.165) is 24.8 Å². The number of rotatable bonds is 13. The third-order valence-corrected chi connectivity index (χ3v) is 6.52. The molecule has 0 amide bonds. The number of benzene rings is 1. The van der Waals surface area contributed by atoms with E-state index in [9.17, 15) is 8.42 Å². The second-order valence-electron chi connectivity index (χ2n) is 9.80. The zero-order valence-corrected chi connectivity index (χ0v) is 20.3. The predicted octanol–water partition coefficient (Wildman–Crippen LogP) is 6.25. The van der Waals surface area contributed by atoms with Gasteiger partial charge in [-0.3, -0.25) is 0 Å². The molecule has 0 saturated heterocycles. The number of ether oxygens (including phenoxy) is 1. The summed E-state index contributed by atoms with van der Waals surface area (Å²) < 4.78 is 34.0. The summed E-state index contributed by atoms with van der Waals surface area (Å²) in [4.78, 5) is 0.214. The van der Waals surface area contributed by atoms with E-state index >= 15 is 0 Å². The van der Waals surface area contributed by atoms with Crippen LogP contribution < -0.4 is 9.46 Å². The standard InChI is InChI=1S/C24H42NO3S/c1-8-10-11-12-13-14-17-28-21-16-15-20(24(6,7)19-23(3,4)5)18-22(21)29(26,27)25-9-2/h15-16,18,25H,2,8-14,17,19H2,1,3-7H3. The van der Waals surface area contributed by atoms with E-state index in [-0.39, 0.29) is 22.3 Å². The molecule has 0 heterocycles. The minimum atomic E-state index is -3.66. The highest BCUT2D eigenvalue weighted by atomic mass is 32.2. The zero-order chi connectivity index (χ0) is 22.1. The van der Waals surface area contributed by atoms with Gasteiger partial charge in [0.15, 0.2) is 0 Å². The van der Waals surface area contributed by atoms with Gasteiger partial charge in [0.05, 0.1) is 6.61 Å². The minimum Gasteiger partial charge on any atom is -0.492 e. The number of nitrogens with one attached hydrogen (secondary N) is 1. The maximum atomic E-state index is 12.8. The first-order valence-corrected chi connectivity index (χ1v) is 12.5. The lowest BCUT2D eigenvalue weighted by Gasteiger charge is -2.33. The number of sulfonamides is 1. The number of hydrogen-bond donors (Lipinski definition) is 1. The fraction of sp³-hybridized carbons (Fsp3) is 0.708. The quantitative estimate of drug-likeness (QED) is 0.381. The minimum absolute atomic E-state index is 0.106. The Kier molecular flexibility index (Phi) is 10.2. The predicted molar refractivity (Wildman–Crippen MR) is 123 cm³/mol. The van der Waals surface area contributed by atoms with Gasteiger partial charge in [-0.2, -0.15) is 0 Å². The molecule has 0 aromatic heterocycles. The first kappa shape index (κ1) is 26.0. The lowest BCUT2D eigenvalue weighted by molar-refractivity contribution is 0.281. The van der Waals surface area contributed by atoms with Gasteiger partial charge in [0.25, 0.3) is 0 Å². The second kappa shape index (κ2) is 11.4. The summed E-state index contributed by atoms with van der Waals surface area (Å²) in [6, 6.07) is 5.60. The van der Waals surface area contributed by atoms with Crippen LogP contribution in [0.5, 0.6) is 5.75 Å². The van der Waals surface area contributed by atoms with Crippen LogP contribution in [0.4, 0.5) is 0 Å². The topological polar surface area (TPSA) is 55.4 Å². The van der Waals surface area contributed by atoms with Crippen molar-refractivity contribution in [1.29, 1.82) is 0 Å². The third kappa shape index (κ3) is 9.08. The molecule has 0 bridgehead atoms. The summed E-state index contributed by atoms with van der Waals surface area (Å²) in [6.07, 6.45) is 7.94. The van der Waals surface area contributed by atoms with Crippen molar-refractivity contribution in [3.8, 4) is 5.75 Å². The van der Waals surface area contributed by atoms with Gasteiger partial charge in [-0.25, -0.2) is 13.1 Å². The molecule has 29 heavy (non-hydrogen) atoms. The van der Waals surface area contributed by atoms with Crippen molar-refractivity contribution in [1.82, 2.24) is 4.72 Å². The van der Waals surface area contributed by atoms with Crippen molar-refractivity contribution < 1.29 is 13.2 Å². The van der Waals surface area contributed by atoms with Crippen LogP contribution in [-0.2, 0) is 15.4 Å². The Balaban J connectivity index is 3.02. The average molecular weight is 425 g/mol. The smallest absolute Gasteiger partial charge is 0.244 e. The van der Waals surface area contributed by atoms with Gasteiger partial charge in [0.2, 0.25) is 10.0 Å². The molecule has 4 nitrogen and oxygen atoms in total. The molecule has 0 fully saturated rings.